The number of benzene rings is 1. The van der Waals surface area contributed by atoms with Crippen molar-refractivity contribution in [3.05, 3.63) is 61.2 Å². The number of nitrogens with zero attached hydrogens (tertiary/aromatic N) is 2. The molecule has 0 aliphatic rings. The SMILES string of the molecule is Cc1cccc(C(=O)OCC(=O)Nc2nc(C)c(Cl)cc2Cl)c1[N+](=O)[O-]. The van der Waals surface area contributed by atoms with Gasteiger partial charge in [-0.05, 0) is 26.0 Å². The summed E-state index contributed by atoms with van der Waals surface area (Å²) in [6, 6.07) is 5.66. The van der Waals surface area contributed by atoms with Crippen molar-refractivity contribution in [3.63, 3.8) is 0 Å². The van der Waals surface area contributed by atoms with Crippen LogP contribution in [0.1, 0.15) is 21.6 Å². The van der Waals surface area contributed by atoms with E-state index in [9.17, 15) is 19.7 Å². The number of carbonyl (C=O) groups is 2. The Morgan fingerprint density at radius 3 is 2.62 bits per heavy atom. The van der Waals surface area contributed by atoms with Crippen molar-refractivity contribution < 1.29 is 19.2 Å². The third-order valence-electron chi connectivity index (χ3n) is 3.34. The number of ether oxygens (including phenoxy) is 1. The van der Waals surface area contributed by atoms with E-state index in [2.05, 4.69) is 10.3 Å². The van der Waals surface area contributed by atoms with E-state index in [-0.39, 0.29) is 22.1 Å². The Kier molecular flexibility index (Phi) is 6.12. The van der Waals surface area contributed by atoms with Gasteiger partial charge in [-0.25, -0.2) is 9.78 Å². The first-order valence-electron chi connectivity index (χ1n) is 7.24. The third-order valence-corrected chi connectivity index (χ3v) is 4.01. The standard InChI is InChI=1S/C16H13Cl2N3O5/c1-8-4-3-5-10(14(8)21(24)25)16(23)26-7-13(22)20-15-12(18)6-11(17)9(2)19-15/h3-6H,7H2,1-2H3,(H,19,20,22). The molecule has 0 unspecified atom stereocenters. The molecule has 0 bridgehead atoms. The maximum Gasteiger partial charge on any atom is 0.345 e. The van der Waals surface area contributed by atoms with Crippen molar-refractivity contribution in [2.45, 2.75) is 13.8 Å². The number of aromatic nitrogens is 1. The minimum absolute atomic E-state index is 0.0659. The summed E-state index contributed by atoms with van der Waals surface area (Å²) in [5, 5.41) is 13.9. The predicted octanol–water partition coefficient (Wildman–Crippen LogP) is 3.71. The van der Waals surface area contributed by atoms with Crippen LogP contribution in [0.3, 0.4) is 0 Å². The topological polar surface area (TPSA) is 111 Å². The lowest BCUT2D eigenvalue weighted by Gasteiger charge is -2.09. The summed E-state index contributed by atoms with van der Waals surface area (Å²) in [6.45, 7) is 2.47. The lowest BCUT2D eigenvalue weighted by molar-refractivity contribution is -0.385. The van der Waals surface area contributed by atoms with Gasteiger partial charge in [0, 0.05) is 5.56 Å². The number of nitrogens with one attached hydrogen (secondary N) is 1. The second-order valence-corrected chi connectivity index (χ2v) is 6.05. The highest BCUT2D eigenvalue weighted by molar-refractivity contribution is 6.36. The van der Waals surface area contributed by atoms with Gasteiger partial charge in [-0.15, -0.1) is 0 Å². The molecule has 0 fully saturated rings. The predicted molar refractivity (Wildman–Crippen MR) is 95.7 cm³/mol. The Hall–Kier alpha value is -2.71. The molecule has 1 aromatic heterocycles. The number of para-hydroxylation sites is 1. The number of hydrogen-bond acceptors (Lipinski definition) is 6. The van der Waals surface area contributed by atoms with Gasteiger partial charge in [-0.2, -0.15) is 0 Å². The minimum atomic E-state index is -0.984. The van der Waals surface area contributed by atoms with Gasteiger partial charge in [0.15, 0.2) is 12.4 Å². The zero-order valence-corrected chi connectivity index (χ0v) is 15.2. The summed E-state index contributed by atoms with van der Waals surface area (Å²) < 4.78 is 4.85. The summed E-state index contributed by atoms with van der Waals surface area (Å²) in [4.78, 5) is 38.5. The molecule has 0 saturated heterocycles. The molecule has 0 aliphatic carbocycles. The van der Waals surface area contributed by atoms with E-state index in [0.29, 0.717) is 16.3 Å². The zero-order valence-electron chi connectivity index (χ0n) is 13.7. The van der Waals surface area contributed by atoms with Crippen LogP contribution in [-0.4, -0.2) is 28.4 Å². The third kappa shape index (κ3) is 4.47. The van der Waals surface area contributed by atoms with E-state index in [1.165, 1.54) is 31.2 Å². The quantitative estimate of drug-likeness (QED) is 0.467. The molecule has 0 spiro atoms. The van der Waals surface area contributed by atoms with E-state index in [1.54, 1.807) is 6.92 Å². The molecule has 2 aromatic rings. The van der Waals surface area contributed by atoms with Crippen LogP contribution in [0.5, 0.6) is 0 Å². The first-order chi connectivity index (χ1) is 12.2. The second kappa shape index (κ2) is 8.11. The number of nitro benzene ring substituents is 1. The van der Waals surface area contributed by atoms with Gasteiger partial charge < -0.3 is 10.1 Å². The number of halogens is 2. The van der Waals surface area contributed by atoms with Crippen LogP contribution in [0.2, 0.25) is 10.0 Å². The first-order valence-corrected chi connectivity index (χ1v) is 8.00. The maximum atomic E-state index is 12.1. The summed E-state index contributed by atoms with van der Waals surface area (Å²) in [6.07, 6.45) is 0. The molecule has 8 nitrogen and oxygen atoms in total. The number of esters is 1. The Morgan fingerprint density at radius 1 is 1.27 bits per heavy atom. The molecule has 1 heterocycles. The molecule has 1 N–H and O–H groups in total. The second-order valence-electron chi connectivity index (χ2n) is 5.24. The van der Waals surface area contributed by atoms with Crippen LogP contribution >= 0.6 is 23.2 Å². The van der Waals surface area contributed by atoms with Gasteiger partial charge in [0.05, 0.1) is 20.7 Å². The molecule has 136 valence electrons. The van der Waals surface area contributed by atoms with Crippen molar-refractivity contribution in [2.75, 3.05) is 11.9 Å². The summed E-state index contributed by atoms with van der Waals surface area (Å²) in [5.74, 6) is -1.62. The Balaban J connectivity index is 2.07. The summed E-state index contributed by atoms with van der Waals surface area (Å²) >= 11 is 11.8. The Labute approximate surface area is 158 Å². The fraction of sp³-hybridized carbons (Fsp3) is 0.188. The number of rotatable bonds is 5. The number of amides is 1. The van der Waals surface area contributed by atoms with Crippen LogP contribution in [0, 0.1) is 24.0 Å². The summed E-state index contributed by atoms with van der Waals surface area (Å²) in [7, 11) is 0. The molecule has 0 radical (unpaired) electrons. The van der Waals surface area contributed by atoms with Crippen molar-refractivity contribution in [1.82, 2.24) is 4.98 Å². The fourth-order valence-corrected chi connectivity index (χ4v) is 2.50. The molecular weight excluding hydrogens is 385 g/mol. The number of pyridine rings is 1. The van der Waals surface area contributed by atoms with E-state index >= 15 is 0 Å². The Morgan fingerprint density at radius 2 is 1.96 bits per heavy atom. The van der Waals surface area contributed by atoms with E-state index in [4.69, 9.17) is 27.9 Å². The molecule has 0 aliphatic heterocycles. The Bertz CT molecular complexity index is 902. The van der Waals surface area contributed by atoms with Gasteiger partial charge in [0.1, 0.15) is 5.56 Å². The molecule has 1 aromatic carbocycles. The highest BCUT2D eigenvalue weighted by Crippen LogP contribution is 2.26. The van der Waals surface area contributed by atoms with Crippen molar-refractivity contribution in [3.8, 4) is 0 Å². The zero-order chi connectivity index (χ0) is 19.4. The van der Waals surface area contributed by atoms with Crippen LogP contribution in [0.4, 0.5) is 11.5 Å². The fourth-order valence-electron chi connectivity index (χ4n) is 2.09. The summed E-state index contributed by atoms with van der Waals surface area (Å²) in [5.41, 5.74) is 0.164. The number of anilines is 1. The molecular formula is C16H13Cl2N3O5. The average molecular weight is 398 g/mol. The van der Waals surface area contributed by atoms with Gasteiger partial charge in [-0.3, -0.25) is 14.9 Å². The maximum absolute atomic E-state index is 12.1. The smallest absolute Gasteiger partial charge is 0.345 e. The molecule has 0 saturated carbocycles. The van der Waals surface area contributed by atoms with Crippen LogP contribution in [-0.2, 0) is 9.53 Å². The largest absolute Gasteiger partial charge is 0.452 e. The van der Waals surface area contributed by atoms with Crippen LogP contribution in [0.15, 0.2) is 24.3 Å². The van der Waals surface area contributed by atoms with Crippen molar-refractivity contribution >= 4 is 46.6 Å². The van der Waals surface area contributed by atoms with Crippen molar-refractivity contribution in [1.29, 1.82) is 0 Å². The highest BCUT2D eigenvalue weighted by atomic mass is 35.5. The molecule has 0 atom stereocenters. The van der Waals surface area contributed by atoms with Crippen molar-refractivity contribution in [2.24, 2.45) is 0 Å². The van der Waals surface area contributed by atoms with Gasteiger partial charge >= 0.3 is 5.97 Å². The minimum Gasteiger partial charge on any atom is -0.452 e. The lowest BCUT2D eigenvalue weighted by Crippen LogP contribution is -2.22. The number of aryl methyl sites for hydroxylation is 2. The molecule has 10 heteroatoms. The molecule has 26 heavy (non-hydrogen) atoms. The highest BCUT2D eigenvalue weighted by Gasteiger charge is 2.24. The van der Waals surface area contributed by atoms with E-state index in [1.807, 2.05) is 0 Å². The lowest BCUT2D eigenvalue weighted by atomic mass is 10.1. The first kappa shape index (κ1) is 19.6. The van der Waals surface area contributed by atoms with Crippen LogP contribution in [0.25, 0.3) is 0 Å². The van der Waals surface area contributed by atoms with E-state index in [0.717, 1.165) is 0 Å². The number of carbonyl (C=O) groups excluding carboxylic acids is 2. The number of nitro groups is 1. The average Bonchev–Trinajstić information content (AvgIpc) is 2.57. The van der Waals surface area contributed by atoms with Gasteiger partial charge in [0.2, 0.25) is 0 Å². The molecule has 2 rings (SSSR count). The van der Waals surface area contributed by atoms with E-state index < -0.39 is 23.4 Å². The molecule has 1 amide bonds. The van der Waals surface area contributed by atoms with Crippen LogP contribution < -0.4 is 5.32 Å². The number of hydrogen-bond donors (Lipinski definition) is 1. The van der Waals surface area contributed by atoms with Gasteiger partial charge in [0.25, 0.3) is 11.6 Å². The monoisotopic (exact) mass is 397 g/mol. The van der Waals surface area contributed by atoms with Gasteiger partial charge in [-0.1, -0.05) is 35.3 Å². The normalized spacial score (nSPS) is 10.3.